The van der Waals surface area contributed by atoms with Crippen LogP contribution < -0.4 is 10.6 Å². The first kappa shape index (κ1) is 18.7. The van der Waals surface area contributed by atoms with Crippen LogP contribution in [0.4, 0.5) is 10.5 Å². The highest BCUT2D eigenvalue weighted by Gasteiger charge is 2.22. The van der Waals surface area contributed by atoms with Crippen LogP contribution in [0.3, 0.4) is 0 Å². The van der Waals surface area contributed by atoms with Gasteiger partial charge in [-0.05, 0) is 55.5 Å². The normalized spacial score (nSPS) is 17.2. The van der Waals surface area contributed by atoms with Gasteiger partial charge in [-0.25, -0.2) is 4.79 Å². The topological polar surface area (TPSA) is 44.4 Å². The van der Waals surface area contributed by atoms with E-state index in [-0.39, 0.29) is 6.03 Å². The Kier molecular flexibility index (Phi) is 6.53. The summed E-state index contributed by atoms with van der Waals surface area (Å²) >= 11 is 5.99. The van der Waals surface area contributed by atoms with Gasteiger partial charge in [-0.15, -0.1) is 0 Å². The molecule has 0 radical (unpaired) electrons. The van der Waals surface area contributed by atoms with E-state index in [1.54, 1.807) is 6.07 Å². The van der Waals surface area contributed by atoms with E-state index in [0.29, 0.717) is 17.5 Å². The van der Waals surface area contributed by atoms with Gasteiger partial charge in [-0.2, -0.15) is 0 Å². The predicted molar refractivity (Wildman–Crippen MR) is 108 cm³/mol. The molecule has 1 fully saturated rings. The fraction of sp³-hybridized carbons (Fsp3) is 0.381. The number of carbonyl (C=O) groups excluding carboxylic acids is 1. The molecule has 4 nitrogen and oxygen atoms in total. The SMILES string of the molecule is Cc1ccc(Cl)cc1NC(=O)NC[C@H]1CCN(CCc2ccccc2)C1. The van der Waals surface area contributed by atoms with E-state index < -0.39 is 0 Å². The van der Waals surface area contributed by atoms with E-state index in [0.717, 1.165) is 43.7 Å². The van der Waals surface area contributed by atoms with Crippen molar-refractivity contribution < 1.29 is 4.79 Å². The fourth-order valence-corrected chi connectivity index (χ4v) is 3.52. The Morgan fingerprint density at radius 3 is 2.85 bits per heavy atom. The highest BCUT2D eigenvalue weighted by Crippen LogP contribution is 2.20. The molecule has 0 bridgehead atoms. The van der Waals surface area contributed by atoms with Crippen LogP contribution in [0, 0.1) is 12.8 Å². The zero-order valence-electron chi connectivity index (χ0n) is 15.2. The highest BCUT2D eigenvalue weighted by molar-refractivity contribution is 6.31. The molecule has 1 atom stereocenters. The van der Waals surface area contributed by atoms with Gasteiger partial charge in [0.15, 0.2) is 0 Å². The van der Waals surface area contributed by atoms with E-state index >= 15 is 0 Å². The minimum absolute atomic E-state index is 0.168. The van der Waals surface area contributed by atoms with Gasteiger partial charge in [0.05, 0.1) is 0 Å². The molecule has 0 aromatic heterocycles. The second kappa shape index (κ2) is 9.06. The molecule has 2 amide bonds. The number of hydrogen-bond donors (Lipinski definition) is 2. The standard InChI is InChI=1S/C21H26ClN3O/c1-16-7-8-19(22)13-20(16)24-21(26)23-14-18-10-12-25(15-18)11-9-17-5-3-2-4-6-17/h2-8,13,18H,9-12,14-15H2,1H3,(H2,23,24,26)/t18-/m1/s1. The molecule has 0 saturated carbocycles. The number of aryl methyl sites for hydroxylation is 1. The average molecular weight is 372 g/mol. The number of anilines is 1. The van der Waals surface area contributed by atoms with E-state index in [4.69, 9.17) is 11.6 Å². The summed E-state index contributed by atoms with van der Waals surface area (Å²) in [6.45, 7) is 5.88. The molecule has 1 aliphatic heterocycles. The third kappa shape index (κ3) is 5.48. The van der Waals surface area contributed by atoms with Crippen LogP contribution in [0.15, 0.2) is 48.5 Å². The third-order valence-electron chi connectivity index (χ3n) is 4.93. The average Bonchev–Trinajstić information content (AvgIpc) is 3.10. The Hall–Kier alpha value is -2.04. The van der Waals surface area contributed by atoms with Crippen molar-refractivity contribution in [2.45, 2.75) is 19.8 Å². The summed E-state index contributed by atoms with van der Waals surface area (Å²) in [6, 6.07) is 15.9. The van der Waals surface area contributed by atoms with Crippen molar-refractivity contribution in [2.24, 2.45) is 5.92 Å². The monoisotopic (exact) mass is 371 g/mol. The molecule has 0 unspecified atom stereocenters. The van der Waals surface area contributed by atoms with E-state index in [1.165, 1.54) is 5.56 Å². The maximum absolute atomic E-state index is 12.1. The number of urea groups is 1. The number of benzene rings is 2. The summed E-state index contributed by atoms with van der Waals surface area (Å²) in [6.07, 6.45) is 2.21. The number of hydrogen-bond acceptors (Lipinski definition) is 2. The van der Waals surface area contributed by atoms with Crippen molar-refractivity contribution in [3.05, 3.63) is 64.7 Å². The molecular weight excluding hydrogens is 346 g/mol. The van der Waals surface area contributed by atoms with E-state index in [1.807, 2.05) is 19.1 Å². The molecule has 3 rings (SSSR count). The minimum atomic E-state index is -0.168. The summed E-state index contributed by atoms with van der Waals surface area (Å²) < 4.78 is 0. The van der Waals surface area contributed by atoms with Gasteiger partial charge < -0.3 is 15.5 Å². The summed E-state index contributed by atoms with van der Waals surface area (Å²) in [5, 5.41) is 6.50. The Morgan fingerprint density at radius 2 is 2.04 bits per heavy atom. The van der Waals surface area contributed by atoms with Gasteiger partial charge in [0.25, 0.3) is 0 Å². The van der Waals surface area contributed by atoms with Crippen LogP contribution in [-0.2, 0) is 6.42 Å². The van der Waals surface area contributed by atoms with Crippen LogP contribution in [0.1, 0.15) is 17.5 Å². The summed E-state index contributed by atoms with van der Waals surface area (Å²) in [5.74, 6) is 0.511. The Morgan fingerprint density at radius 1 is 1.23 bits per heavy atom. The quantitative estimate of drug-likeness (QED) is 0.793. The maximum Gasteiger partial charge on any atom is 0.319 e. The number of amides is 2. The molecule has 2 N–H and O–H groups in total. The number of nitrogens with zero attached hydrogens (tertiary/aromatic N) is 1. The lowest BCUT2D eigenvalue weighted by atomic mass is 10.1. The molecule has 26 heavy (non-hydrogen) atoms. The fourth-order valence-electron chi connectivity index (χ4n) is 3.35. The second-order valence-electron chi connectivity index (χ2n) is 6.99. The lowest BCUT2D eigenvalue weighted by Crippen LogP contribution is -2.34. The lowest BCUT2D eigenvalue weighted by Gasteiger charge is -2.16. The van der Waals surface area contributed by atoms with Crippen LogP contribution >= 0.6 is 11.6 Å². The first-order chi connectivity index (χ1) is 12.6. The van der Waals surface area contributed by atoms with Gasteiger partial charge in [0, 0.05) is 30.3 Å². The summed E-state index contributed by atoms with van der Waals surface area (Å²) in [4.78, 5) is 14.6. The van der Waals surface area contributed by atoms with Gasteiger partial charge in [0.2, 0.25) is 0 Å². The van der Waals surface area contributed by atoms with Gasteiger partial charge in [-0.3, -0.25) is 0 Å². The number of carbonyl (C=O) groups is 1. The van der Waals surface area contributed by atoms with Crippen LogP contribution in [0.25, 0.3) is 0 Å². The predicted octanol–water partition coefficient (Wildman–Crippen LogP) is 4.33. The third-order valence-corrected chi connectivity index (χ3v) is 5.16. The van der Waals surface area contributed by atoms with Crippen molar-refractivity contribution >= 4 is 23.3 Å². The summed E-state index contributed by atoms with van der Waals surface area (Å²) in [7, 11) is 0. The van der Waals surface area contributed by atoms with Gasteiger partial charge >= 0.3 is 6.03 Å². The maximum atomic E-state index is 12.1. The van der Waals surface area contributed by atoms with Crippen molar-refractivity contribution in [2.75, 3.05) is 31.5 Å². The number of likely N-dealkylation sites (tertiary alicyclic amines) is 1. The molecule has 138 valence electrons. The molecule has 5 heteroatoms. The van der Waals surface area contributed by atoms with Crippen molar-refractivity contribution in [1.29, 1.82) is 0 Å². The Bertz CT molecular complexity index is 735. The molecule has 1 heterocycles. The number of halogens is 1. The Labute approximate surface area is 160 Å². The first-order valence-electron chi connectivity index (χ1n) is 9.17. The summed E-state index contributed by atoms with van der Waals surface area (Å²) in [5.41, 5.74) is 3.13. The highest BCUT2D eigenvalue weighted by atomic mass is 35.5. The molecular formula is C21H26ClN3O. The molecule has 0 aliphatic carbocycles. The molecule has 0 spiro atoms. The minimum Gasteiger partial charge on any atom is -0.338 e. The Balaban J connectivity index is 1.38. The van der Waals surface area contributed by atoms with Crippen molar-refractivity contribution in [3.63, 3.8) is 0 Å². The zero-order chi connectivity index (χ0) is 18.4. The van der Waals surface area contributed by atoms with Crippen molar-refractivity contribution in [3.8, 4) is 0 Å². The van der Waals surface area contributed by atoms with Crippen LogP contribution in [-0.4, -0.2) is 37.1 Å². The van der Waals surface area contributed by atoms with Gasteiger partial charge in [-0.1, -0.05) is 48.0 Å². The van der Waals surface area contributed by atoms with E-state index in [2.05, 4.69) is 45.9 Å². The van der Waals surface area contributed by atoms with Gasteiger partial charge in [0.1, 0.15) is 0 Å². The number of nitrogens with one attached hydrogen (secondary N) is 2. The van der Waals surface area contributed by atoms with Crippen molar-refractivity contribution in [1.82, 2.24) is 10.2 Å². The number of rotatable bonds is 6. The molecule has 1 aliphatic rings. The lowest BCUT2D eigenvalue weighted by molar-refractivity contribution is 0.249. The largest absolute Gasteiger partial charge is 0.338 e. The zero-order valence-corrected chi connectivity index (χ0v) is 15.9. The second-order valence-corrected chi connectivity index (χ2v) is 7.42. The van der Waals surface area contributed by atoms with Crippen LogP contribution in [0.2, 0.25) is 5.02 Å². The molecule has 1 saturated heterocycles. The van der Waals surface area contributed by atoms with Crippen LogP contribution in [0.5, 0.6) is 0 Å². The smallest absolute Gasteiger partial charge is 0.319 e. The molecule has 2 aromatic rings. The van der Waals surface area contributed by atoms with E-state index in [9.17, 15) is 4.79 Å². The molecule has 2 aromatic carbocycles. The first-order valence-corrected chi connectivity index (χ1v) is 9.55.